The van der Waals surface area contributed by atoms with Gasteiger partial charge in [-0.1, -0.05) is 84.9 Å². The van der Waals surface area contributed by atoms with Crippen molar-refractivity contribution in [1.29, 1.82) is 0 Å². The van der Waals surface area contributed by atoms with Gasteiger partial charge in [0.25, 0.3) is 5.91 Å². The van der Waals surface area contributed by atoms with Crippen molar-refractivity contribution in [2.45, 2.75) is 73.1 Å². The van der Waals surface area contributed by atoms with Crippen LogP contribution in [0.5, 0.6) is 5.75 Å². The molecule has 0 spiro atoms. The molecule has 4 nitrogen and oxygen atoms in total. The number of hydrazone groups is 1. The summed E-state index contributed by atoms with van der Waals surface area (Å²) in [6.45, 7) is 17.4. The molecule has 0 bridgehead atoms. The molecule has 0 atom stereocenters. The Balaban J connectivity index is 1.89. The highest BCUT2D eigenvalue weighted by atomic mass is 16.5. The highest BCUT2D eigenvalue weighted by Crippen LogP contribution is 2.36. The highest BCUT2D eigenvalue weighted by Gasteiger charge is 2.27. The third-order valence-corrected chi connectivity index (χ3v) is 5.32. The molecule has 0 aliphatic rings. The van der Waals surface area contributed by atoms with Crippen LogP contribution in [0.1, 0.15) is 84.4 Å². The Hall–Kier alpha value is -2.62. The van der Waals surface area contributed by atoms with Crippen LogP contribution in [0, 0.1) is 5.41 Å². The average Bonchev–Trinajstić information content (AvgIpc) is 2.69. The SMILES string of the molecule is CC(=NNC(=O)COc1ccc(C(C)(C)CC(C)(C)C)cc1)c1ccc(C(C)C)cc1. The van der Waals surface area contributed by atoms with Crippen molar-refractivity contribution in [3.8, 4) is 5.75 Å². The standard InChI is InChI=1S/C27H38N2O2/c1-19(2)21-9-11-22(12-10-21)20(3)28-29-25(30)17-31-24-15-13-23(14-16-24)27(7,8)18-26(4,5)6/h9-16,19H,17-18H2,1-8H3,(H,29,30). The molecule has 0 aliphatic heterocycles. The summed E-state index contributed by atoms with van der Waals surface area (Å²) >= 11 is 0. The van der Waals surface area contributed by atoms with E-state index < -0.39 is 0 Å². The molecule has 31 heavy (non-hydrogen) atoms. The van der Waals surface area contributed by atoms with Gasteiger partial charge in [0, 0.05) is 0 Å². The minimum absolute atomic E-state index is 0.0756. The predicted molar refractivity (Wildman–Crippen MR) is 130 cm³/mol. The first kappa shape index (κ1) is 24.6. The van der Waals surface area contributed by atoms with Crippen molar-refractivity contribution < 1.29 is 9.53 Å². The molecule has 0 radical (unpaired) electrons. The maximum Gasteiger partial charge on any atom is 0.277 e. The molecule has 2 rings (SSSR count). The minimum atomic E-state index is -0.282. The van der Waals surface area contributed by atoms with Gasteiger partial charge in [-0.2, -0.15) is 5.10 Å². The lowest BCUT2D eigenvalue weighted by Gasteiger charge is -2.33. The zero-order chi connectivity index (χ0) is 23.2. The van der Waals surface area contributed by atoms with Gasteiger partial charge >= 0.3 is 0 Å². The van der Waals surface area contributed by atoms with Gasteiger partial charge in [-0.25, -0.2) is 5.43 Å². The van der Waals surface area contributed by atoms with Crippen LogP contribution >= 0.6 is 0 Å². The molecule has 0 unspecified atom stereocenters. The molecule has 0 aromatic heterocycles. The Bertz CT molecular complexity index is 886. The summed E-state index contributed by atoms with van der Waals surface area (Å²) in [6, 6.07) is 16.3. The summed E-state index contributed by atoms with van der Waals surface area (Å²) < 4.78 is 5.64. The largest absolute Gasteiger partial charge is 0.484 e. The predicted octanol–water partition coefficient (Wildman–Crippen LogP) is 6.44. The number of ether oxygens (including phenoxy) is 1. The van der Waals surface area contributed by atoms with Crippen molar-refractivity contribution >= 4 is 11.6 Å². The van der Waals surface area contributed by atoms with Crippen LogP contribution < -0.4 is 10.2 Å². The number of rotatable bonds is 8. The summed E-state index contributed by atoms with van der Waals surface area (Å²) in [5.74, 6) is 0.882. The first-order valence-electron chi connectivity index (χ1n) is 11.0. The zero-order valence-corrected chi connectivity index (χ0v) is 20.4. The second-order valence-electron chi connectivity index (χ2n) is 10.4. The molecule has 2 aromatic carbocycles. The first-order valence-corrected chi connectivity index (χ1v) is 11.0. The van der Waals surface area contributed by atoms with Gasteiger partial charge in [-0.3, -0.25) is 4.79 Å². The van der Waals surface area contributed by atoms with E-state index in [1.54, 1.807) is 0 Å². The Morgan fingerprint density at radius 2 is 1.55 bits per heavy atom. The number of carbonyl (C=O) groups excluding carboxylic acids is 1. The summed E-state index contributed by atoms with van der Waals surface area (Å²) in [5.41, 5.74) is 7.20. The van der Waals surface area contributed by atoms with Crippen molar-refractivity contribution in [1.82, 2.24) is 5.43 Å². The average molecular weight is 423 g/mol. The third kappa shape index (κ3) is 7.86. The van der Waals surface area contributed by atoms with Crippen molar-refractivity contribution in [2.75, 3.05) is 6.61 Å². The van der Waals surface area contributed by atoms with Gasteiger partial charge in [-0.05, 0) is 58.9 Å². The molecule has 0 aliphatic carbocycles. The monoisotopic (exact) mass is 422 g/mol. The minimum Gasteiger partial charge on any atom is -0.484 e. The third-order valence-electron chi connectivity index (χ3n) is 5.32. The summed E-state index contributed by atoms with van der Waals surface area (Å²) in [7, 11) is 0. The summed E-state index contributed by atoms with van der Waals surface area (Å²) in [4.78, 5) is 12.1. The molecule has 168 valence electrons. The van der Waals surface area contributed by atoms with E-state index in [2.05, 4.69) is 83.3 Å². The second-order valence-corrected chi connectivity index (χ2v) is 10.4. The molecule has 4 heteroatoms. The summed E-state index contributed by atoms with van der Waals surface area (Å²) in [5, 5.41) is 4.20. The van der Waals surface area contributed by atoms with E-state index in [0.29, 0.717) is 11.7 Å². The molecule has 0 fully saturated rings. The number of nitrogens with zero attached hydrogens (tertiary/aromatic N) is 1. The molecule has 2 aromatic rings. The van der Waals surface area contributed by atoms with Gasteiger partial charge in [0.2, 0.25) is 0 Å². The van der Waals surface area contributed by atoms with Crippen molar-refractivity contribution in [3.05, 3.63) is 65.2 Å². The van der Waals surface area contributed by atoms with Crippen LogP contribution in [0.4, 0.5) is 0 Å². The topological polar surface area (TPSA) is 50.7 Å². The lowest BCUT2D eigenvalue weighted by molar-refractivity contribution is -0.123. The van der Waals surface area contributed by atoms with E-state index in [0.717, 1.165) is 17.7 Å². The van der Waals surface area contributed by atoms with Gasteiger partial charge in [0.1, 0.15) is 5.75 Å². The zero-order valence-electron chi connectivity index (χ0n) is 20.4. The molecule has 1 amide bonds. The van der Waals surface area contributed by atoms with E-state index in [4.69, 9.17) is 4.74 Å². The Labute approximate surface area is 188 Å². The molecular formula is C27H38N2O2. The smallest absolute Gasteiger partial charge is 0.277 e. The van der Waals surface area contributed by atoms with E-state index in [1.165, 1.54) is 11.1 Å². The van der Waals surface area contributed by atoms with E-state index in [1.807, 2.05) is 31.2 Å². The van der Waals surface area contributed by atoms with Gasteiger partial charge in [0.05, 0.1) is 5.71 Å². The number of amides is 1. The molecule has 0 saturated heterocycles. The van der Waals surface area contributed by atoms with E-state index >= 15 is 0 Å². The number of hydrogen-bond donors (Lipinski definition) is 1. The number of nitrogens with one attached hydrogen (secondary N) is 1. The Morgan fingerprint density at radius 1 is 0.968 bits per heavy atom. The Morgan fingerprint density at radius 3 is 2.06 bits per heavy atom. The maximum atomic E-state index is 12.1. The van der Waals surface area contributed by atoms with Crippen LogP contribution in [0.25, 0.3) is 0 Å². The summed E-state index contributed by atoms with van der Waals surface area (Å²) in [6.07, 6.45) is 1.08. The lowest BCUT2D eigenvalue weighted by Crippen LogP contribution is -2.26. The number of benzene rings is 2. The van der Waals surface area contributed by atoms with Crippen LogP contribution in [-0.4, -0.2) is 18.2 Å². The number of carbonyl (C=O) groups is 1. The first-order chi connectivity index (χ1) is 14.4. The lowest BCUT2D eigenvalue weighted by atomic mass is 9.72. The quantitative estimate of drug-likeness (QED) is 0.393. The van der Waals surface area contributed by atoms with Crippen LogP contribution in [0.15, 0.2) is 53.6 Å². The fourth-order valence-corrected chi connectivity index (χ4v) is 3.93. The fourth-order valence-electron chi connectivity index (χ4n) is 3.93. The number of hydrogen-bond acceptors (Lipinski definition) is 3. The molecule has 0 heterocycles. The van der Waals surface area contributed by atoms with Crippen LogP contribution in [0.3, 0.4) is 0 Å². The molecular weight excluding hydrogens is 384 g/mol. The fraction of sp³-hybridized carbons (Fsp3) is 0.481. The second kappa shape index (κ2) is 10.1. The highest BCUT2D eigenvalue weighted by molar-refractivity contribution is 5.99. The van der Waals surface area contributed by atoms with Crippen molar-refractivity contribution in [3.63, 3.8) is 0 Å². The van der Waals surface area contributed by atoms with Crippen LogP contribution in [-0.2, 0) is 10.2 Å². The van der Waals surface area contributed by atoms with Gasteiger partial charge < -0.3 is 4.74 Å². The normalized spacial score (nSPS) is 12.7. The maximum absolute atomic E-state index is 12.1. The van der Waals surface area contributed by atoms with Gasteiger partial charge in [0.15, 0.2) is 6.61 Å². The van der Waals surface area contributed by atoms with E-state index in [-0.39, 0.29) is 23.3 Å². The van der Waals surface area contributed by atoms with Crippen molar-refractivity contribution in [2.24, 2.45) is 10.5 Å². The molecule has 1 N–H and O–H groups in total. The Kier molecular flexibility index (Phi) is 8.05. The molecule has 0 saturated carbocycles. The van der Waals surface area contributed by atoms with Crippen LogP contribution in [0.2, 0.25) is 0 Å². The van der Waals surface area contributed by atoms with Gasteiger partial charge in [-0.15, -0.1) is 0 Å². The van der Waals surface area contributed by atoms with E-state index in [9.17, 15) is 4.79 Å².